The van der Waals surface area contributed by atoms with E-state index in [2.05, 4.69) is 4.53 Å². The third kappa shape index (κ3) is 3.12. The summed E-state index contributed by atoms with van der Waals surface area (Å²) in [5.41, 5.74) is 0. The lowest BCUT2D eigenvalue weighted by Gasteiger charge is -2.19. The molecule has 0 N–H and O–H groups in total. The van der Waals surface area contributed by atoms with Gasteiger partial charge in [0.25, 0.3) is 0 Å². The summed E-state index contributed by atoms with van der Waals surface area (Å²) in [4.78, 5) is 0. The minimum Gasteiger partial charge on any atom is -0.275 e. The molecule has 0 atom stereocenters. The van der Waals surface area contributed by atoms with Crippen LogP contribution in [-0.4, -0.2) is 33.9 Å². The van der Waals surface area contributed by atoms with Gasteiger partial charge in [0.05, 0.1) is 0 Å². The highest BCUT2D eigenvalue weighted by Gasteiger charge is 2.67. The van der Waals surface area contributed by atoms with E-state index in [9.17, 15) is 21.4 Å². The Labute approximate surface area is 61.0 Å². The summed E-state index contributed by atoms with van der Waals surface area (Å²) in [6.45, 7) is 0. The standard InChI is InChI=1S/C3H6F5NOSi/c1-9(2)10-11(7,8)3(4,5)6/h1-2H3. The first-order valence-electron chi connectivity index (χ1n) is 2.48. The van der Waals surface area contributed by atoms with E-state index in [0.717, 1.165) is 14.1 Å². The van der Waals surface area contributed by atoms with E-state index in [1.54, 1.807) is 0 Å². The minimum absolute atomic E-state index is 0.347. The largest absolute Gasteiger partial charge is 0.707 e. The molecular formula is C3H6F5NOSi. The van der Waals surface area contributed by atoms with Crippen LogP contribution in [0.4, 0.5) is 21.4 Å². The number of nitrogens with zero attached hydrogens (tertiary/aromatic N) is 1. The maximum Gasteiger partial charge on any atom is 0.707 e. The molecule has 68 valence electrons. The van der Waals surface area contributed by atoms with Crippen molar-refractivity contribution in [2.45, 2.75) is 5.80 Å². The Morgan fingerprint density at radius 3 is 1.64 bits per heavy atom. The molecule has 0 spiro atoms. The van der Waals surface area contributed by atoms with Crippen LogP contribution in [0.2, 0.25) is 0 Å². The maximum atomic E-state index is 11.9. The van der Waals surface area contributed by atoms with E-state index in [1.807, 2.05) is 0 Å². The second-order valence-corrected chi connectivity index (χ2v) is 3.70. The van der Waals surface area contributed by atoms with Crippen molar-refractivity contribution in [2.24, 2.45) is 0 Å². The molecule has 0 bridgehead atoms. The second-order valence-electron chi connectivity index (χ2n) is 1.92. The fourth-order valence-corrected chi connectivity index (χ4v) is 0.843. The Bertz CT molecular complexity index is 134. The van der Waals surface area contributed by atoms with Crippen molar-refractivity contribution in [3.8, 4) is 0 Å². The number of hydrogen-bond acceptors (Lipinski definition) is 2. The third-order valence-corrected chi connectivity index (χ3v) is 1.88. The van der Waals surface area contributed by atoms with Gasteiger partial charge in [-0.25, -0.2) is 13.3 Å². The molecule has 0 aromatic carbocycles. The molecule has 2 nitrogen and oxygen atoms in total. The summed E-state index contributed by atoms with van der Waals surface area (Å²) in [6.07, 6.45) is 0. The van der Waals surface area contributed by atoms with Crippen molar-refractivity contribution < 1.29 is 25.9 Å². The monoisotopic (exact) mass is 195 g/mol. The molecule has 0 saturated heterocycles. The first kappa shape index (κ1) is 10.8. The maximum absolute atomic E-state index is 11.9. The average Bonchev–Trinajstić information content (AvgIpc) is 1.56. The second kappa shape index (κ2) is 3.03. The Kier molecular flexibility index (Phi) is 2.97. The zero-order valence-electron chi connectivity index (χ0n) is 5.75. The van der Waals surface area contributed by atoms with Gasteiger partial charge in [-0.2, -0.15) is 13.2 Å². The fraction of sp³-hybridized carbons (Fsp3) is 1.00. The van der Waals surface area contributed by atoms with Gasteiger partial charge in [0, 0.05) is 14.1 Å². The van der Waals surface area contributed by atoms with Gasteiger partial charge >= 0.3 is 14.8 Å². The van der Waals surface area contributed by atoms with Crippen molar-refractivity contribution in [1.29, 1.82) is 0 Å². The predicted octanol–water partition coefficient (Wildman–Crippen LogP) is 1.46. The highest BCUT2D eigenvalue weighted by Crippen LogP contribution is 2.31. The lowest BCUT2D eigenvalue weighted by atomic mass is 11.2. The molecule has 0 aromatic heterocycles. The molecule has 0 amide bonds. The molecule has 0 heterocycles. The van der Waals surface area contributed by atoms with Gasteiger partial charge in [0.1, 0.15) is 0 Å². The summed E-state index contributed by atoms with van der Waals surface area (Å²) < 4.78 is 61.2. The van der Waals surface area contributed by atoms with Gasteiger partial charge in [-0.15, -0.1) is 0 Å². The first-order chi connectivity index (χ1) is 4.67. The first-order valence-corrected chi connectivity index (χ1v) is 4.14. The molecule has 0 rings (SSSR count). The SMILES string of the molecule is CN(C)O[Si](F)(F)C(F)(F)F. The van der Waals surface area contributed by atoms with E-state index >= 15 is 0 Å². The molecule has 11 heavy (non-hydrogen) atoms. The van der Waals surface area contributed by atoms with Crippen LogP contribution in [0.3, 0.4) is 0 Å². The van der Waals surface area contributed by atoms with E-state index in [4.69, 9.17) is 0 Å². The Hall–Kier alpha value is -0.213. The Morgan fingerprint density at radius 1 is 1.18 bits per heavy atom. The molecule has 0 saturated carbocycles. The molecule has 0 aromatic rings. The van der Waals surface area contributed by atoms with Gasteiger partial charge in [-0.05, 0) is 0 Å². The lowest BCUT2D eigenvalue weighted by Crippen LogP contribution is -2.48. The molecule has 0 radical (unpaired) electrons. The van der Waals surface area contributed by atoms with Gasteiger partial charge in [0.2, 0.25) is 0 Å². The highest BCUT2D eigenvalue weighted by atomic mass is 28.4. The highest BCUT2D eigenvalue weighted by molar-refractivity contribution is 6.61. The zero-order chi connectivity index (χ0) is 9.28. The predicted molar refractivity (Wildman–Crippen MR) is 28.8 cm³/mol. The molecule has 8 heteroatoms. The smallest absolute Gasteiger partial charge is 0.275 e. The number of hydroxylamine groups is 2. The Morgan fingerprint density at radius 2 is 1.55 bits per heavy atom. The summed E-state index contributed by atoms with van der Waals surface area (Å²) in [5.74, 6) is -5.53. The summed E-state index contributed by atoms with van der Waals surface area (Å²) in [6, 6.07) is 0. The quantitative estimate of drug-likeness (QED) is 0.286. The van der Waals surface area contributed by atoms with Gasteiger partial charge < -0.3 is 0 Å². The van der Waals surface area contributed by atoms with Crippen LogP contribution >= 0.6 is 0 Å². The summed E-state index contributed by atoms with van der Waals surface area (Å²) in [7, 11) is -4.61. The topological polar surface area (TPSA) is 12.5 Å². The molecule has 0 fully saturated rings. The van der Waals surface area contributed by atoms with E-state index in [0.29, 0.717) is 5.06 Å². The van der Waals surface area contributed by atoms with Gasteiger partial charge in [-0.3, -0.25) is 4.53 Å². The summed E-state index contributed by atoms with van der Waals surface area (Å²) in [5, 5.41) is 0.347. The third-order valence-electron chi connectivity index (χ3n) is 0.627. The number of hydrogen-bond donors (Lipinski definition) is 0. The zero-order valence-corrected chi connectivity index (χ0v) is 6.75. The van der Waals surface area contributed by atoms with Gasteiger partial charge in [-0.1, -0.05) is 0 Å². The Balaban J connectivity index is 4.22. The van der Waals surface area contributed by atoms with Crippen LogP contribution in [0.1, 0.15) is 0 Å². The molecule has 0 aliphatic rings. The molecule has 0 aliphatic heterocycles. The van der Waals surface area contributed by atoms with E-state index < -0.39 is 14.8 Å². The minimum atomic E-state index is -6.54. The number of rotatable bonds is 2. The van der Waals surface area contributed by atoms with Crippen LogP contribution in [0, 0.1) is 0 Å². The van der Waals surface area contributed by atoms with Crippen LogP contribution in [0.15, 0.2) is 0 Å². The van der Waals surface area contributed by atoms with Crippen molar-refractivity contribution in [3.63, 3.8) is 0 Å². The van der Waals surface area contributed by atoms with Crippen LogP contribution < -0.4 is 0 Å². The molecule has 0 aliphatic carbocycles. The van der Waals surface area contributed by atoms with Crippen molar-refractivity contribution >= 4 is 8.99 Å². The van der Waals surface area contributed by atoms with E-state index in [-0.39, 0.29) is 0 Å². The van der Waals surface area contributed by atoms with Gasteiger partial charge in [0.15, 0.2) is 0 Å². The van der Waals surface area contributed by atoms with Crippen LogP contribution in [-0.2, 0) is 4.53 Å². The van der Waals surface area contributed by atoms with E-state index in [1.165, 1.54) is 0 Å². The lowest BCUT2D eigenvalue weighted by molar-refractivity contribution is -0.142. The van der Waals surface area contributed by atoms with Crippen LogP contribution in [0.5, 0.6) is 0 Å². The summed E-state index contributed by atoms with van der Waals surface area (Å²) >= 11 is 0. The normalized spacial score (nSPS) is 14.2. The van der Waals surface area contributed by atoms with Crippen molar-refractivity contribution in [1.82, 2.24) is 5.06 Å². The number of halogens is 5. The average molecular weight is 195 g/mol. The van der Waals surface area contributed by atoms with Crippen LogP contribution in [0.25, 0.3) is 0 Å². The molecule has 0 unspecified atom stereocenters. The number of alkyl halides is 3. The van der Waals surface area contributed by atoms with Crippen molar-refractivity contribution in [3.05, 3.63) is 0 Å². The fourth-order valence-electron chi connectivity index (χ4n) is 0.281. The van der Waals surface area contributed by atoms with Crippen molar-refractivity contribution in [2.75, 3.05) is 14.1 Å². The molecular weight excluding hydrogens is 189 g/mol.